The minimum atomic E-state index is -0.532. The number of ether oxygens (including phenoxy) is 1. The number of likely N-dealkylation sites (tertiary alicyclic amines) is 1. The van der Waals surface area contributed by atoms with Gasteiger partial charge in [0.25, 0.3) is 5.69 Å². The van der Waals surface area contributed by atoms with Crippen LogP contribution in [0.4, 0.5) is 16.2 Å². The Hall–Kier alpha value is -2.77. The maximum Gasteiger partial charge on any atom is 0.410 e. The average molecular weight is 381 g/mol. The molecule has 0 aromatic heterocycles. The number of carbonyl (C=O) groups excluding carboxylic acids is 1. The van der Waals surface area contributed by atoms with Gasteiger partial charge < -0.3 is 15.0 Å². The van der Waals surface area contributed by atoms with Gasteiger partial charge in [0.1, 0.15) is 19.1 Å². The molecule has 1 fully saturated rings. The van der Waals surface area contributed by atoms with Crippen molar-refractivity contribution in [1.29, 1.82) is 0 Å². The molecule has 28 heavy (non-hydrogen) atoms. The van der Waals surface area contributed by atoms with Gasteiger partial charge in [0, 0.05) is 30.6 Å². The van der Waals surface area contributed by atoms with Crippen LogP contribution in [0.15, 0.2) is 30.3 Å². The van der Waals surface area contributed by atoms with Crippen LogP contribution in [-0.2, 0) is 4.74 Å². The van der Waals surface area contributed by atoms with E-state index in [0.717, 1.165) is 10.8 Å². The van der Waals surface area contributed by atoms with Gasteiger partial charge in [0.05, 0.1) is 4.92 Å². The van der Waals surface area contributed by atoms with Crippen molar-refractivity contribution in [2.75, 3.05) is 18.4 Å². The first kappa shape index (κ1) is 20.0. The number of benzene rings is 2. The summed E-state index contributed by atoms with van der Waals surface area (Å²) in [5.74, 6) is 0. The van der Waals surface area contributed by atoms with Gasteiger partial charge in [-0.3, -0.25) is 10.1 Å². The fraction of sp³-hybridized carbons (Fsp3) is 0.450. The summed E-state index contributed by atoms with van der Waals surface area (Å²) in [6.45, 7) is 6.58. The molecule has 1 aliphatic rings. The first-order chi connectivity index (χ1) is 13.1. The number of carbonyl (C=O) groups is 1. The molecule has 0 atom stereocenters. The average Bonchev–Trinajstić information content (AvgIpc) is 2.61. The summed E-state index contributed by atoms with van der Waals surface area (Å²) in [4.78, 5) is 25.0. The molecule has 1 N–H and O–H groups in total. The Bertz CT molecular complexity index is 902. The summed E-state index contributed by atoms with van der Waals surface area (Å²) in [5.41, 5.74) is 0.518. The predicted molar refractivity (Wildman–Crippen MR) is 110 cm³/mol. The van der Waals surface area contributed by atoms with Crippen LogP contribution in [0.2, 0.25) is 0 Å². The zero-order valence-electron chi connectivity index (χ0n) is 16.4. The minimum absolute atomic E-state index is 0.0180. The highest BCUT2D eigenvalue weighted by molar-refractivity contribution is 6.33. The maximum atomic E-state index is 12.2. The van der Waals surface area contributed by atoms with E-state index in [2.05, 4.69) is 5.32 Å². The molecule has 1 heterocycles. The van der Waals surface area contributed by atoms with Crippen LogP contribution in [0.5, 0.6) is 0 Å². The zero-order valence-corrected chi connectivity index (χ0v) is 16.4. The van der Waals surface area contributed by atoms with Gasteiger partial charge in [-0.15, -0.1) is 0 Å². The van der Waals surface area contributed by atoms with Gasteiger partial charge in [-0.2, -0.15) is 0 Å². The van der Waals surface area contributed by atoms with Gasteiger partial charge >= 0.3 is 6.09 Å². The largest absolute Gasteiger partial charge is 0.444 e. The zero-order chi connectivity index (χ0) is 20.5. The normalized spacial score (nSPS) is 15.5. The first-order valence-corrected chi connectivity index (χ1v) is 9.35. The molecule has 0 aliphatic carbocycles. The molecule has 8 heteroatoms. The van der Waals surface area contributed by atoms with E-state index in [1.807, 2.05) is 26.8 Å². The molecule has 1 saturated heterocycles. The number of nitro groups is 1. The maximum absolute atomic E-state index is 12.2. The fourth-order valence-corrected chi connectivity index (χ4v) is 3.37. The molecular formula is C20H24BN3O4. The van der Waals surface area contributed by atoms with Gasteiger partial charge in [-0.1, -0.05) is 23.7 Å². The summed E-state index contributed by atoms with van der Waals surface area (Å²) < 4.78 is 5.42. The van der Waals surface area contributed by atoms with E-state index in [-0.39, 0.29) is 22.7 Å². The molecule has 0 saturated carbocycles. The lowest BCUT2D eigenvalue weighted by Gasteiger charge is -2.34. The molecule has 146 valence electrons. The predicted octanol–water partition coefficient (Wildman–Crippen LogP) is 3.35. The lowest BCUT2D eigenvalue weighted by molar-refractivity contribution is -0.383. The van der Waals surface area contributed by atoms with Crippen LogP contribution in [0.1, 0.15) is 33.6 Å². The van der Waals surface area contributed by atoms with Gasteiger partial charge in [0.2, 0.25) is 0 Å². The van der Waals surface area contributed by atoms with E-state index in [1.54, 1.807) is 23.1 Å². The van der Waals surface area contributed by atoms with Crippen LogP contribution in [-0.4, -0.2) is 48.5 Å². The third kappa shape index (κ3) is 4.55. The lowest BCUT2D eigenvalue weighted by Crippen LogP contribution is -2.44. The summed E-state index contributed by atoms with van der Waals surface area (Å²) in [6, 6.07) is 8.63. The summed E-state index contributed by atoms with van der Waals surface area (Å²) in [5, 5.41) is 16.5. The number of fused-ring (bicyclic) bond motifs is 1. The SMILES string of the molecule is [B]c1ccc2ccc([N+](=O)[O-])c(NC3CCN(C(=O)OC(C)(C)C)CC3)c2c1. The summed E-state index contributed by atoms with van der Waals surface area (Å²) in [6.07, 6.45) is 1.03. The van der Waals surface area contributed by atoms with Crippen molar-refractivity contribution in [2.45, 2.75) is 45.3 Å². The molecule has 2 aromatic carbocycles. The van der Waals surface area contributed by atoms with Crippen LogP contribution < -0.4 is 10.8 Å². The van der Waals surface area contributed by atoms with E-state index >= 15 is 0 Å². The topological polar surface area (TPSA) is 84.7 Å². The Morgan fingerprint density at radius 2 is 1.89 bits per heavy atom. The monoisotopic (exact) mass is 381 g/mol. The highest BCUT2D eigenvalue weighted by atomic mass is 16.6. The quantitative estimate of drug-likeness (QED) is 0.501. The first-order valence-electron chi connectivity index (χ1n) is 9.35. The summed E-state index contributed by atoms with van der Waals surface area (Å²) in [7, 11) is 5.90. The Morgan fingerprint density at radius 3 is 2.50 bits per heavy atom. The number of hydrogen-bond acceptors (Lipinski definition) is 5. The highest BCUT2D eigenvalue weighted by Gasteiger charge is 2.28. The van der Waals surface area contributed by atoms with Gasteiger partial charge in [-0.25, -0.2) is 4.79 Å². The van der Waals surface area contributed by atoms with Crippen LogP contribution in [0.3, 0.4) is 0 Å². The van der Waals surface area contributed by atoms with Crippen molar-refractivity contribution in [3.8, 4) is 0 Å². The number of amides is 1. The highest BCUT2D eigenvalue weighted by Crippen LogP contribution is 2.34. The Balaban J connectivity index is 1.77. The van der Waals surface area contributed by atoms with Crippen molar-refractivity contribution in [3.05, 3.63) is 40.4 Å². The number of nitrogens with one attached hydrogen (secondary N) is 1. The standard InChI is InChI=1S/C20H24BN3O4/c1-20(2,3)28-19(25)23-10-8-15(9-11-23)22-18-16-12-14(21)6-4-13(16)5-7-17(18)24(26)27/h4-7,12,15,22H,8-11H2,1-3H3. The Kier molecular flexibility index (Phi) is 5.49. The minimum Gasteiger partial charge on any atom is -0.444 e. The Labute approximate surface area is 165 Å². The van der Waals surface area contributed by atoms with Crippen LogP contribution in [0, 0.1) is 10.1 Å². The Morgan fingerprint density at radius 1 is 1.25 bits per heavy atom. The van der Waals surface area contributed by atoms with E-state index < -0.39 is 5.60 Å². The van der Waals surface area contributed by atoms with E-state index in [9.17, 15) is 14.9 Å². The van der Waals surface area contributed by atoms with Gasteiger partial charge in [-0.05, 0) is 45.1 Å². The molecule has 1 amide bonds. The second-order valence-electron chi connectivity index (χ2n) is 8.08. The third-order valence-corrected chi connectivity index (χ3v) is 4.72. The third-order valence-electron chi connectivity index (χ3n) is 4.72. The van der Waals surface area contributed by atoms with Crippen LogP contribution >= 0.6 is 0 Å². The second kappa shape index (κ2) is 7.69. The molecule has 3 rings (SSSR count). The fourth-order valence-electron chi connectivity index (χ4n) is 3.37. The number of nitro benzene ring substituents is 1. The van der Waals surface area contributed by atoms with E-state index in [0.29, 0.717) is 37.1 Å². The molecule has 0 bridgehead atoms. The van der Waals surface area contributed by atoms with E-state index in [4.69, 9.17) is 12.6 Å². The lowest BCUT2D eigenvalue weighted by atomic mass is 9.92. The van der Waals surface area contributed by atoms with E-state index in [1.165, 1.54) is 6.07 Å². The smallest absolute Gasteiger partial charge is 0.410 e. The van der Waals surface area contributed by atoms with Crippen molar-refractivity contribution < 1.29 is 14.5 Å². The molecule has 1 aliphatic heterocycles. The molecule has 0 spiro atoms. The van der Waals surface area contributed by atoms with Crippen molar-refractivity contribution >= 4 is 41.5 Å². The number of rotatable bonds is 3. The van der Waals surface area contributed by atoms with Crippen LogP contribution in [0.25, 0.3) is 10.8 Å². The van der Waals surface area contributed by atoms with Crippen molar-refractivity contribution in [2.24, 2.45) is 0 Å². The molecule has 2 radical (unpaired) electrons. The molecule has 0 unspecified atom stereocenters. The van der Waals surface area contributed by atoms with Crippen molar-refractivity contribution in [1.82, 2.24) is 4.90 Å². The molecule has 2 aromatic rings. The molecule has 7 nitrogen and oxygen atoms in total. The second-order valence-corrected chi connectivity index (χ2v) is 8.08. The summed E-state index contributed by atoms with van der Waals surface area (Å²) >= 11 is 0. The number of piperidine rings is 1. The number of anilines is 1. The van der Waals surface area contributed by atoms with Crippen molar-refractivity contribution in [3.63, 3.8) is 0 Å². The molecular weight excluding hydrogens is 357 g/mol. The van der Waals surface area contributed by atoms with Gasteiger partial charge in [0.15, 0.2) is 0 Å². The number of hydrogen-bond donors (Lipinski definition) is 1. The number of nitrogens with zero attached hydrogens (tertiary/aromatic N) is 2.